The molecule has 0 saturated heterocycles. The summed E-state index contributed by atoms with van der Waals surface area (Å²) in [5.41, 5.74) is 7.39. The first-order valence-corrected chi connectivity index (χ1v) is 3.96. The minimum absolute atomic E-state index is 0.527. The maximum Gasteiger partial charge on any atom is 0.124 e. The molecule has 2 heterocycles. The lowest BCUT2D eigenvalue weighted by atomic mass is 10.3. The van der Waals surface area contributed by atoms with Gasteiger partial charge in [0.05, 0.1) is 23.9 Å². The van der Waals surface area contributed by atoms with Crippen LogP contribution in [0.2, 0.25) is 0 Å². The lowest BCUT2D eigenvalue weighted by Crippen LogP contribution is -1.95. The normalized spacial score (nSPS) is 10.2. The zero-order valence-corrected chi connectivity index (χ0v) is 7.31. The molecule has 4 nitrogen and oxygen atoms in total. The number of anilines is 1. The zero-order chi connectivity index (χ0) is 9.26. The van der Waals surface area contributed by atoms with Gasteiger partial charge in [0.25, 0.3) is 0 Å². The van der Waals surface area contributed by atoms with Crippen LogP contribution in [-0.4, -0.2) is 14.5 Å². The number of hydrogen-bond donors (Lipinski definition) is 1. The number of nitrogens with zero attached hydrogens (tertiary/aromatic N) is 3. The van der Waals surface area contributed by atoms with Gasteiger partial charge in [-0.1, -0.05) is 6.07 Å². The molecule has 0 bridgehead atoms. The van der Waals surface area contributed by atoms with E-state index in [0.29, 0.717) is 5.82 Å². The summed E-state index contributed by atoms with van der Waals surface area (Å²) < 4.78 is 1.90. The predicted octanol–water partition coefficient (Wildman–Crippen LogP) is 1.06. The van der Waals surface area contributed by atoms with Gasteiger partial charge in [-0.2, -0.15) is 0 Å². The van der Waals surface area contributed by atoms with Crippen molar-refractivity contribution >= 4 is 5.82 Å². The number of rotatable bonds is 1. The number of aryl methyl sites for hydroxylation is 1. The third-order valence-corrected chi connectivity index (χ3v) is 1.85. The Hall–Kier alpha value is -1.84. The number of imidazole rings is 1. The molecule has 0 aliphatic rings. The van der Waals surface area contributed by atoms with Crippen molar-refractivity contribution in [3.63, 3.8) is 0 Å². The van der Waals surface area contributed by atoms with E-state index in [9.17, 15) is 0 Å². The van der Waals surface area contributed by atoms with Gasteiger partial charge in [0.2, 0.25) is 0 Å². The molecule has 0 unspecified atom stereocenters. The van der Waals surface area contributed by atoms with Crippen molar-refractivity contribution in [2.75, 3.05) is 5.73 Å². The van der Waals surface area contributed by atoms with Crippen LogP contribution >= 0.6 is 0 Å². The van der Waals surface area contributed by atoms with E-state index in [2.05, 4.69) is 9.97 Å². The summed E-state index contributed by atoms with van der Waals surface area (Å²) in [6.45, 7) is 0. The van der Waals surface area contributed by atoms with E-state index in [4.69, 9.17) is 5.73 Å². The van der Waals surface area contributed by atoms with Crippen LogP contribution in [0.4, 0.5) is 5.82 Å². The highest BCUT2D eigenvalue weighted by Crippen LogP contribution is 2.15. The first kappa shape index (κ1) is 7.79. The van der Waals surface area contributed by atoms with Gasteiger partial charge >= 0.3 is 0 Å². The maximum atomic E-state index is 5.57. The second-order valence-electron chi connectivity index (χ2n) is 2.84. The Bertz CT molecular complexity index is 419. The fourth-order valence-corrected chi connectivity index (χ4v) is 1.20. The van der Waals surface area contributed by atoms with Gasteiger partial charge in [-0.3, -0.25) is 0 Å². The average molecular weight is 174 g/mol. The second-order valence-corrected chi connectivity index (χ2v) is 2.84. The minimum atomic E-state index is 0.527. The zero-order valence-electron chi connectivity index (χ0n) is 7.31. The molecule has 0 saturated carbocycles. The topological polar surface area (TPSA) is 56.7 Å². The summed E-state index contributed by atoms with van der Waals surface area (Å²) in [6.07, 6.45) is 3.50. The predicted molar refractivity (Wildman–Crippen MR) is 50.9 cm³/mol. The summed E-state index contributed by atoms with van der Waals surface area (Å²) in [5.74, 6) is 0.527. The molecule has 0 fully saturated rings. The Morgan fingerprint density at radius 2 is 2.23 bits per heavy atom. The highest BCUT2D eigenvalue weighted by atomic mass is 15.0. The Morgan fingerprint density at radius 1 is 1.38 bits per heavy atom. The molecule has 0 amide bonds. The van der Waals surface area contributed by atoms with E-state index >= 15 is 0 Å². The number of pyridine rings is 1. The SMILES string of the molecule is Cn1cncc1-c1cccc(N)n1. The van der Waals surface area contributed by atoms with E-state index in [1.54, 1.807) is 18.6 Å². The molecule has 2 N–H and O–H groups in total. The minimum Gasteiger partial charge on any atom is -0.384 e. The van der Waals surface area contributed by atoms with E-state index in [1.807, 2.05) is 23.7 Å². The average Bonchev–Trinajstić information content (AvgIpc) is 2.51. The molecular weight excluding hydrogens is 164 g/mol. The number of aromatic nitrogens is 3. The van der Waals surface area contributed by atoms with Crippen LogP contribution in [0, 0.1) is 0 Å². The fraction of sp³-hybridized carbons (Fsp3) is 0.111. The van der Waals surface area contributed by atoms with Crippen LogP contribution in [0.25, 0.3) is 11.4 Å². The highest BCUT2D eigenvalue weighted by molar-refractivity contribution is 5.55. The van der Waals surface area contributed by atoms with Crippen molar-refractivity contribution < 1.29 is 0 Å². The molecule has 0 aliphatic carbocycles. The van der Waals surface area contributed by atoms with Crippen LogP contribution in [0.1, 0.15) is 0 Å². The molecule has 0 spiro atoms. The Kier molecular flexibility index (Phi) is 1.73. The monoisotopic (exact) mass is 174 g/mol. The molecule has 66 valence electrons. The van der Waals surface area contributed by atoms with Crippen LogP contribution in [0.3, 0.4) is 0 Å². The van der Waals surface area contributed by atoms with Crippen molar-refractivity contribution in [3.8, 4) is 11.4 Å². The first-order chi connectivity index (χ1) is 6.27. The Labute approximate surface area is 76.1 Å². The van der Waals surface area contributed by atoms with Crippen LogP contribution in [0.5, 0.6) is 0 Å². The molecule has 0 radical (unpaired) electrons. The molecule has 0 aliphatic heterocycles. The molecule has 0 aromatic carbocycles. The summed E-state index contributed by atoms with van der Waals surface area (Å²) in [7, 11) is 1.92. The molecule has 2 aromatic rings. The van der Waals surface area contributed by atoms with E-state index in [-0.39, 0.29) is 0 Å². The lowest BCUT2D eigenvalue weighted by molar-refractivity contribution is 0.917. The fourth-order valence-electron chi connectivity index (χ4n) is 1.20. The van der Waals surface area contributed by atoms with Gasteiger partial charge in [-0.05, 0) is 12.1 Å². The van der Waals surface area contributed by atoms with Gasteiger partial charge < -0.3 is 10.3 Å². The number of hydrogen-bond acceptors (Lipinski definition) is 3. The molecule has 2 rings (SSSR count). The standard InChI is InChI=1S/C9H10N4/c1-13-6-11-5-8(13)7-3-2-4-9(10)12-7/h2-6H,1H3,(H2,10,12). The van der Waals surface area contributed by atoms with Crippen molar-refractivity contribution in [2.45, 2.75) is 0 Å². The second kappa shape index (κ2) is 2.90. The van der Waals surface area contributed by atoms with Crippen molar-refractivity contribution in [2.24, 2.45) is 7.05 Å². The number of nitrogens with two attached hydrogens (primary N) is 1. The smallest absolute Gasteiger partial charge is 0.124 e. The van der Waals surface area contributed by atoms with Crippen LogP contribution in [0.15, 0.2) is 30.7 Å². The third-order valence-electron chi connectivity index (χ3n) is 1.85. The number of nitrogen functional groups attached to an aromatic ring is 1. The van der Waals surface area contributed by atoms with E-state index in [0.717, 1.165) is 11.4 Å². The van der Waals surface area contributed by atoms with Gasteiger partial charge in [0, 0.05) is 7.05 Å². The van der Waals surface area contributed by atoms with Crippen LogP contribution in [-0.2, 0) is 7.05 Å². The summed E-state index contributed by atoms with van der Waals surface area (Å²) in [5, 5.41) is 0. The molecule has 0 atom stereocenters. The van der Waals surface area contributed by atoms with E-state index in [1.165, 1.54) is 0 Å². The van der Waals surface area contributed by atoms with Crippen molar-refractivity contribution in [1.29, 1.82) is 0 Å². The third kappa shape index (κ3) is 1.38. The van der Waals surface area contributed by atoms with Gasteiger partial charge in [-0.25, -0.2) is 9.97 Å². The van der Waals surface area contributed by atoms with Crippen LogP contribution < -0.4 is 5.73 Å². The van der Waals surface area contributed by atoms with Gasteiger partial charge in [0.15, 0.2) is 0 Å². The first-order valence-electron chi connectivity index (χ1n) is 3.96. The molecule has 4 heteroatoms. The quantitative estimate of drug-likeness (QED) is 0.703. The van der Waals surface area contributed by atoms with E-state index < -0.39 is 0 Å². The maximum absolute atomic E-state index is 5.57. The van der Waals surface area contributed by atoms with Gasteiger partial charge in [0.1, 0.15) is 5.82 Å². The molecule has 2 aromatic heterocycles. The van der Waals surface area contributed by atoms with Crippen molar-refractivity contribution in [3.05, 3.63) is 30.7 Å². The Morgan fingerprint density at radius 3 is 2.85 bits per heavy atom. The Balaban J connectivity index is 2.53. The molecular formula is C9H10N4. The summed E-state index contributed by atoms with van der Waals surface area (Å²) in [4.78, 5) is 8.20. The lowest BCUT2D eigenvalue weighted by Gasteiger charge is -2.01. The molecule has 13 heavy (non-hydrogen) atoms. The highest BCUT2D eigenvalue weighted by Gasteiger charge is 2.02. The largest absolute Gasteiger partial charge is 0.384 e. The summed E-state index contributed by atoms with van der Waals surface area (Å²) >= 11 is 0. The summed E-state index contributed by atoms with van der Waals surface area (Å²) in [6, 6.07) is 5.55. The van der Waals surface area contributed by atoms with Gasteiger partial charge in [-0.15, -0.1) is 0 Å². The van der Waals surface area contributed by atoms with Crippen molar-refractivity contribution in [1.82, 2.24) is 14.5 Å².